The molecule has 1 aromatic heterocycles. The normalized spacial score (nSPS) is 14.9. The van der Waals surface area contributed by atoms with E-state index in [2.05, 4.69) is 16.0 Å². The smallest absolute Gasteiger partial charge is 0.408 e. The molecular weight excluding hydrogens is 682 g/mol. The Morgan fingerprint density at radius 1 is 0.906 bits per heavy atom. The van der Waals surface area contributed by atoms with E-state index in [0.29, 0.717) is 0 Å². The number of benzene rings is 1. The molecule has 0 spiro atoms. The van der Waals surface area contributed by atoms with Gasteiger partial charge in [-0.15, -0.1) is 0 Å². The highest BCUT2D eigenvalue weighted by atomic mass is 16.6. The van der Waals surface area contributed by atoms with Gasteiger partial charge in [0, 0.05) is 48.6 Å². The molecule has 0 bridgehead atoms. The number of ether oxygens (including phenoxy) is 1. The molecule has 4 amide bonds. The quantitative estimate of drug-likeness (QED) is 0.160. The average Bonchev–Trinajstić information content (AvgIpc) is 3.37. The number of carbonyl (C=O) groups is 6. The summed E-state index contributed by atoms with van der Waals surface area (Å²) in [7, 11) is 3.46. The van der Waals surface area contributed by atoms with Gasteiger partial charge in [0.2, 0.25) is 17.7 Å². The van der Waals surface area contributed by atoms with E-state index in [1.807, 2.05) is 69.8 Å². The molecule has 0 aliphatic carbocycles. The molecule has 0 radical (unpaired) electrons. The number of aromatic nitrogens is 1. The van der Waals surface area contributed by atoms with Crippen LogP contribution in [0.5, 0.6) is 0 Å². The van der Waals surface area contributed by atoms with E-state index in [4.69, 9.17) is 9.84 Å². The Labute approximate surface area is 312 Å². The van der Waals surface area contributed by atoms with Crippen molar-refractivity contribution in [2.24, 2.45) is 18.4 Å². The van der Waals surface area contributed by atoms with Crippen molar-refractivity contribution >= 4 is 46.7 Å². The first-order valence-electron chi connectivity index (χ1n) is 17.7. The summed E-state index contributed by atoms with van der Waals surface area (Å²) in [5.74, 6) is -4.57. The Morgan fingerprint density at radius 2 is 1.49 bits per heavy atom. The highest BCUT2D eigenvalue weighted by Crippen LogP contribution is 2.35. The number of hydrogen-bond acceptors (Lipinski definition) is 7. The van der Waals surface area contributed by atoms with E-state index in [1.54, 1.807) is 54.7 Å². The van der Waals surface area contributed by atoms with Crippen molar-refractivity contribution in [1.29, 1.82) is 0 Å². The third kappa shape index (κ3) is 11.8. The zero-order chi connectivity index (χ0) is 40.8. The van der Waals surface area contributed by atoms with Crippen molar-refractivity contribution in [2.45, 2.75) is 124 Å². The predicted octanol–water partition coefficient (Wildman–Crippen LogP) is 4.74. The Morgan fingerprint density at radius 3 is 2.00 bits per heavy atom. The van der Waals surface area contributed by atoms with Crippen LogP contribution in [0.3, 0.4) is 0 Å². The summed E-state index contributed by atoms with van der Waals surface area (Å²) < 4.78 is 7.52. The summed E-state index contributed by atoms with van der Waals surface area (Å²) in [5.41, 5.74) is -0.813. The second-order valence-electron chi connectivity index (χ2n) is 16.6. The maximum atomic E-state index is 14.5. The molecule has 0 saturated heterocycles. The zero-order valence-corrected chi connectivity index (χ0v) is 33.4. The third-order valence-electron chi connectivity index (χ3n) is 9.14. The Hall–Kier alpha value is -4.88. The third-order valence-corrected chi connectivity index (χ3v) is 9.14. The highest BCUT2D eigenvalue weighted by molar-refractivity contribution is 5.96. The maximum absolute atomic E-state index is 14.5. The van der Waals surface area contributed by atoms with Gasteiger partial charge in [0.1, 0.15) is 23.7 Å². The first-order chi connectivity index (χ1) is 24.2. The summed E-state index contributed by atoms with van der Waals surface area (Å²) in [4.78, 5) is 79.3. The standard InChI is InChI=1S/C39H59N5O9/c1-22(2)28(20-23(3)32(47)40-26(35(50)51)18-19-29(45)46)44(13)34(49)31(37(4,5)6)41-33(48)30(42-36(52)53-38(7,8)9)39(10,11)25-21-43(12)27-17-15-14-16-24(25)27/h14-17,20-22,26,28,30-31H,18-19H2,1-13H3,(H,40,47)(H,41,48)(H,42,52)(H,45,46)(H,50,51)/b23-20+. The summed E-state index contributed by atoms with van der Waals surface area (Å²) in [6.07, 6.45) is 1.92. The number of nitrogens with zero attached hydrogens (tertiary/aromatic N) is 2. The number of likely N-dealkylation sites (N-methyl/N-ethyl adjacent to an activating group) is 1. The number of carbonyl (C=O) groups excluding carboxylic acids is 4. The SMILES string of the molecule is C/C(=C\C(C(C)C)N(C)C(=O)C(NC(=O)C(NC(=O)OC(C)(C)C)C(C)(C)c1cn(C)c2ccccc12)C(C)(C)C)C(=O)NC(CCC(=O)O)C(=O)O. The molecule has 0 saturated carbocycles. The lowest BCUT2D eigenvalue weighted by Crippen LogP contribution is -2.63. The van der Waals surface area contributed by atoms with E-state index < -0.39 is 82.8 Å². The number of rotatable bonds is 15. The second kappa shape index (κ2) is 17.3. The topological polar surface area (TPSA) is 196 Å². The highest BCUT2D eigenvalue weighted by Gasteiger charge is 2.44. The van der Waals surface area contributed by atoms with Crippen molar-refractivity contribution in [2.75, 3.05) is 7.05 Å². The minimum absolute atomic E-state index is 0.125. The number of aliphatic carboxylic acids is 2. The van der Waals surface area contributed by atoms with E-state index >= 15 is 0 Å². The van der Waals surface area contributed by atoms with E-state index in [-0.39, 0.29) is 17.9 Å². The van der Waals surface area contributed by atoms with Crippen molar-refractivity contribution in [1.82, 2.24) is 25.4 Å². The number of nitrogens with one attached hydrogen (secondary N) is 3. The zero-order valence-electron chi connectivity index (χ0n) is 33.4. The molecule has 2 rings (SSSR count). The van der Waals surface area contributed by atoms with Gasteiger partial charge >= 0.3 is 18.0 Å². The van der Waals surface area contributed by atoms with Gasteiger partial charge in [0.05, 0.1) is 6.04 Å². The van der Waals surface area contributed by atoms with Gasteiger partial charge in [-0.3, -0.25) is 19.2 Å². The number of alkyl carbamates (subject to hydrolysis) is 1. The molecule has 0 fully saturated rings. The Kier molecular flexibility index (Phi) is 14.5. The monoisotopic (exact) mass is 741 g/mol. The molecule has 4 unspecified atom stereocenters. The van der Waals surface area contributed by atoms with Crippen molar-refractivity contribution in [3.63, 3.8) is 0 Å². The van der Waals surface area contributed by atoms with Crippen LogP contribution in [0.2, 0.25) is 0 Å². The number of para-hydroxylation sites is 1. The number of amides is 4. The first-order valence-corrected chi connectivity index (χ1v) is 17.7. The average molecular weight is 742 g/mol. The summed E-state index contributed by atoms with van der Waals surface area (Å²) in [6, 6.07) is 3.36. The number of hydrogen-bond donors (Lipinski definition) is 5. The molecule has 1 aromatic carbocycles. The fraction of sp³-hybridized carbons (Fsp3) is 0.590. The van der Waals surface area contributed by atoms with Gasteiger partial charge in [-0.05, 0) is 57.1 Å². The summed E-state index contributed by atoms with van der Waals surface area (Å²) in [6.45, 7) is 19.4. The van der Waals surface area contributed by atoms with Crippen LogP contribution in [-0.4, -0.2) is 92.2 Å². The van der Waals surface area contributed by atoms with E-state index in [9.17, 15) is 33.9 Å². The van der Waals surface area contributed by atoms with E-state index in [0.717, 1.165) is 16.5 Å². The number of carboxylic acid groups (broad SMARTS) is 2. The fourth-order valence-electron chi connectivity index (χ4n) is 6.12. The lowest BCUT2D eigenvalue weighted by Gasteiger charge is -2.40. The second-order valence-corrected chi connectivity index (χ2v) is 16.6. The lowest BCUT2D eigenvalue weighted by molar-refractivity contribution is -0.142. The molecule has 0 aliphatic rings. The minimum atomic E-state index is -1.42. The number of fused-ring (bicyclic) bond motifs is 1. The molecular formula is C39H59N5O9. The van der Waals surface area contributed by atoms with Gasteiger partial charge in [0.15, 0.2) is 0 Å². The first kappa shape index (κ1) is 44.3. The van der Waals surface area contributed by atoms with Crippen LogP contribution in [0.15, 0.2) is 42.1 Å². The summed E-state index contributed by atoms with van der Waals surface area (Å²) >= 11 is 0. The van der Waals surface area contributed by atoms with Crippen LogP contribution >= 0.6 is 0 Å². The lowest BCUT2D eigenvalue weighted by atomic mass is 9.76. The van der Waals surface area contributed by atoms with Crippen LogP contribution in [0.25, 0.3) is 10.9 Å². The van der Waals surface area contributed by atoms with E-state index in [1.165, 1.54) is 11.8 Å². The van der Waals surface area contributed by atoms with Crippen LogP contribution in [0.4, 0.5) is 4.79 Å². The van der Waals surface area contributed by atoms with Crippen molar-refractivity contribution in [3.8, 4) is 0 Å². The van der Waals surface area contributed by atoms with Gasteiger partial charge in [-0.25, -0.2) is 9.59 Å². The molecule has 294 valence electrons. The molecule has 1 heterocycles. The molecule has 5 N–H and O–H groups in total. The summed E-state index contributed by atoms with van der Waals surface area (Å²) in [5, 5.41) is 27.5. The number of aryl methyl sites for hydroxylation is 1. The molecule has 2 aromatic rings. The number of carboxylic acids is 2. The maximum Gasteiger partial charge on any atom is 0.408 e. The van der Waals surface area contributed by atoms with Gasteiger partial charge in [-0.1, -0.05) is 72.7 Å². The minimum Gasteiger partial charge on any atom is -0.481 e. The Balaban J connectivity index is 2.52. The van der Waals surface area contributed by atoms with Gasteiger partial charge in [0.25, 0.3) is 0 Å². The molecule has 4 atom stereocenters. The van der Waals surface area contributed by atoms with Gasteiger partial charge < -0.3 is 40.4 Å². The van der Waals surface area contributed by atoms with Crippen molar-refractivity contribution in [3.05, 3.63) is 47.7 Å². The van der Waals surface area contributed by atoms with Crippen LogP contribution in [0, 0.1) is 11.3 Å². The molecule has 0 aliphatic heterocycles. The largest absolute Gasteiger partial charge is 0.481 e. The predicted molar refractivity (Wildman–Crippen MR) is 202 cm³/mol. The van der Waals surface area contributed by atoms with Crippen LogP contribution in [0.1, 0.15) is 94.6 Å². The Bertz CT molecular complexity index is 1710. The van der Waals surface area contributed by atoms with Gasteiger partial charge in [-0.2, -0.15) is 0 Å². The van der Waals surface area contributed by atoms with Crippen molar-refractivity contribution < 1.29 is 43.7 Å². The van der Waals surface area contributed by atoms with Crippen LogP contribution in [-0.2, 0) is 41.2 Å². The molecule has 14 nitrogen and oxygen atoms in total. The fourth-order valence-corrected chi connectivity index (χ4v) is 6.12. The molecule has 14 heteroatoms. The van der Waals surface area contributed by atoms with Crippen LogP contribution < -0.4 is 16.0 Å². The molecule has 53 heavy (non-hydrogen) atoms.